The SMILES string of the molecule is CC(=O)NCC(O)C(O)c1cc(F)c(C(=O)O)c(F)c1. The number of hydrogen-bond acceptors (Lipinski definition) is 4. The largest absolute Gasteiger partial charge is 0.477 e. The van der Waals surface area contributed by atoms with Crippen LogP contribution >= 0.6 is 0 Å². The summed E-state index contributed by atoms with van der Waals surface area (Å²) in [5.74, 6) is -4.95. The van der Waals surface area contributed by atoms with Gasteiger partial charge >= 0.3 is 5.97 Å². The quantitative estimate of drug-likeness (QED) is 0.619. The number of benzene rings is 1. The molecule has 0 aliphatic heterocycles. The van der Waals surface area contributed by atoms with Crippen molar-refractivity contribution in [2.75, 3.05) is 6.54 Å². The Bertz CT molecular complexity index is 512. The van der Waals surface area contributed by atoms with Gasteiger partial charge in [0.1, 0.15) is 29.4 Å². The van der Waals surface area contributed by atoms with E-state index in [9.17, 15) is 28.6 Å². The van der Waals surface area contributed by atoms with E-state index in [4.69, 9.17) is 5.11 Å². The van der Waals surface area contributed by atoms with Crippen LogP contribution in [0.25, 0.3) is 0 Å². The van der Waals surface area contributed by atoms with Gasteiger partial charge in [-0.1, -0.05) is 0 Å². The lowest BCUT2D eigenvalue weighted by Crippen LogP contribution is -2.34. The van der Waals surface area contributed by atoms with Crippen molar-refractivity contribution in [1.82, 2.24) is 5.32 Å². The molecular formula is C12H13F2NO5. The molecule has 20 heavy (non-hydrogen) atoms. The maximum Gasteiger partial charge on any atom is 0.341 e. The molecule has 110 valence electrons. The molecule has 0 saturated heterocycles. The van der Waals surface area contributed by atoms with Gasteiger partial charge in [0.05, 0.1) is 0 Å². The van der Waals surface area contributed by atoms with Gasteiger partial charge < -0.3 is 20.6 Å². The van der Waals surface area contributed by atoms with Crippen molar-refractivity contribution in [2.45, 2.75) is 19.1 Å². The zero-order valence-electron chi connectivity index (χ0n) is 10.4. The minimum atomic E-state index is -1.78. The van der Waals surface area contributed by atoms with E-state index in [1.165, 1.54) is 6.92 Å². The Morgan fingerprint density at radius 2 is 1.75 bits per heavy atom. The van der Waals surface area contributed by atoms with Crippen LogP contribution in [-0.2, 0) is 4.79 Å². The van der Waals surface area contributed by atoms with Crippen molar-refractivity contribution in [2.24, 2.45) is 0 Å². The van der Waals surface area contributed by atoms with E-state index >= 15 is 0 Å². The Kier molecular flexibility index (Phi) is 5.12. The standard InChI is InChI=1S/C12H13F2NO5/c1-5(16)15-4-9(17)11(18)6-2-7(13)10(12(19)20)8(14)3-6/h2-3,9,11,17-18H,4H2,1H3,(H,15,16)(H,19,20). The Balaban J connectivity index is 2.97. The van der Waals surface area contributed by atoms with Crippen LogP contribution in [0.4, 0.5) is 8.78 Å². The molecule has 6 nitrogen and oxygen atoms in total. The van der Waals surface area contributed by atoms with Crippen molar-refractivity contribution in [3.63, 3.8) is 0 Å². The summed E-state index contributed by atoms with van der Waals surface area (Å²) in [5, 5.41) is 30.1. The number of nitrogens with one attached hydrogen (secondary N) is 1. The predicted octanol–water partition coefficient (Wildman–Crippen LogP) is 0.193. The average molecular weight is 289 g/mol. The number of rotatable bonds is 5. The van der Waals surface area contributed by atoms with Gasteiger partial charge in [-0.05, 0) is 17.7 Å². The van der Waals surface area contributed by atoms with E-state index in [1.54, 1.807) is 0 Å². The van der Waals surface area contributed by atoms with E-state index in [0.29, 0.717) is 12.1 Å². The minimum absolute atomic E-state index is 0.319. The number of hydrogen-bond donors (Lipinski definition) is 4. The van der Waals surface area contributed by atoms with Crippen molar-refractivity contribution >= 4 is 11.9 Å². The molecule has 4 N–H and O–H groups in total. The van der Waals surface area contributed by atoms with Crippen LogP contribution in [0, 0.1) is 11.6 Å². The Morgan fingerprint density at radius 3 is 2.15 bits per heavy atom. The summed E-state index contributed by atoms with van der Waals surface area (Å²) in [4.78, 5) is 21.2. The summed E-state index contributed by atoms with van der Waals surface area (Å²) in [6, 6.07) is 1.24. The van der Waals surface area contributed by atoms with Gasteiger partial charge in [-0.2, -0.15) is 0 Å². The Hall–Kier alpha value is -2.06. The van der Waals surface area contributed by atoms with Crippen molar-refractivity contribution in [3.05, 3.63) is 34.9 Å². The summed E-state index contributed by atoms with van der Waals surface area (Å²) < 4.78 is 26.8. The highest BCUT2D eigenvalue weighted by Crippen LogP contribution is 2.22. The minimum Gasteiger partial charge on any atom is -0.477 e. The smallest absolute Gasteiger partial charge is 0.341 e. The van der Waals surface area contributed by atoms with E-state index in [1.807, 2.05) is 0 Å². The first-order valence-electron chi connectivity index (χ1n) is 5.56. The highest BCUT2D eigenvalue weighted by atomic mass is 19.1. The highest BCUT2D eigenvalue weighted by Gasteiger charge is 2.24. The first-order chi connectivity index (χ1) is 9.23. The third-order valence-corrected chi connectivity index (χ3v) is 2.54. The van der Waals surface area contributed by atoms with E-state index < -0.39 is 41.3 Å². The number of carbonyl (C=O) groups excluding carboxylic acids is 1. The first kappa shape index (κ1) is 16.0. The average Bonchev–Trinajstić information content (AvgIpc) is 2.33. The molecule has 1 aromatic rings. The van der Waals surface area contributed by atoms with E-state index in [2.05, 4.69) is 5.32 Å². The topological polar surface area (TPSA) is 107 Å². The second-order valence-electron chi connectivity index (χ2n) is 4.11. The number of halogens is 2. The molecule has 0 spiro atoms. The van der Waals surface area contributed by atoms with Gasteiger partial charge in [0.15, 0.2) is 0 Å². The summed E-state index contributed by atoms with van der Waals surface area (Å²) in [6.45, 7) is 0.876. The number of carbonyl (C=O) groups is 2. The molecule has 0 saturated carbocycles. The maximum absolute atomic E-state index is 13.4. The number of amides is 1. The third-order valence-electron chi connectivity index (χ3n) is 2.54. The molecule has 1 aromatic carbocycles. The molecule has 0 aliphatic rings. The lowest BCUT2D eigenvalue weighted by Gasteiger charge is -2.18. The van der Waals surface area contributed by atoms with Crippen LogP contribution < -0.4 is 5.32 Å². The molecule has 0 aliphatic carbocycles. The van der Waals surface area contributed by atoms with Crippen LogP contribution in [0.2, 0.25) is 0 Å². The molecular weight excluding hydrogens is 276 g/mol. The van der Waals surface area contributed by atoms with Gasteiger partial charge in [-0.3, -0.25) is 4.79 Å². The van der Waals surface area contributed by atoms with Gasteiger partial charge in [0.25, 0.3) is 0 Å². The monoisotopic (exact) mass is 289 g/mol. The molecule has 0 aromatic heterocycles. The normalized spacial score (nSPS) is 13.7. The van der Waals surface area contributed by atoms with Gasteiger partial charge in [-0.15, -0.1) is 0 Å². The van der Waals surface area contributed by atoms with Crippen LogP contribution in [0.1, 0.15) is 28.9 Å². The van der Waals surface area contributed by atoms with Gasteiger partial charge in [0, 0.05) is 13.5 Å². The second-order valence-corrected chi connectivity index (χ2v) is 4.11. The van der Waals surface area contributed by atoms with Crippen LogP contribution in [0.15, 0.2) is 12.1 Å². The van der Waals surface area contributed by atoms with Crippen LogP contribution in [0.3, 0.4) is 0 Å². The zero-order chi connectivity index (χ0) is 15.4. The predicted molar refractivity (Wildman–Crippen MR) is 63.0 cm³/mol. The van der Waals surface area contributed by atoms with E-state index in [0.717, 1.165) is 0 Å². The summed E-state index contributed by atoms with van der Waals surface area (Å²) >= 11 is 0. The molecule has 0 heterocycles. The summed E-state index contributed by atoms with van der Waals surface area (Å²) in [5.41, 5.74) is -1.47. The fourth-order valence-electron chi connectivity index (χ4n) is 1.55. The number of aromatic carboxylic acids is 1. The fourth-order valence-corrected chi connectivity index (χ4v) is 1.55. The van der Waals surface area contributed by atoms with Gasteiger partial charge in [0.2, 0.25) is 5.91 Å². The van der Waals surface area contributed by atoms with Crippen molar-refractivity contribution in [1.29, 1.82) is 0 Å². The Morgan fingerprint density at radius 1 is 1.25 bits per heavy atom. The van der Waals surface area contributed by atoms with E-state index in [-0.39, 0.29) is 12.1 Å². The summed E-state index contributed by atoms with van der Waals surface area (Å²) in [6.07, 6.45) is -3.16. The lowest BCUT2D eigenvalue weighted by molar-refractivity contribution is -0.119. The number of carboxylic acids is 1. The number of carboxylic acid groups (broad SMARTS) is 1. The van der Waals surface area contributed by atoms with Gasteiger partial charge in [-0.25, -0.2) is 13.6 Å². The zero-order valence-corrected chi connectivity index (χ0v) is 10.4. The molecule has 1 amide bonds. The molecule has 8 heteroatoms. The second kappa shape index (κ2) is 6.40. The first-order valence-corrected chi connectivity index (χ1v) is 5.56. The fraction of sp³-hybridized carbons (Fsp3) is 0.333. The van der Waals surface area contributed by atoms with Crippen molar-refractivity contribution in [3.8, 4) is 0 Å². The summed E-state index contributed by atoms with van der Waals surface area (Å²) in [7, 11) is 0. The Labute approximate surface area is 112 Å². The highest BCUT2D eigenvalue weighted by molar-refractivity contribution is 5.88. The number of aliphatic hydroxyl groups excluding tert-OH is 2. The van der Waals surface area contributed by atoms with Crippen LogP contribution in [0.5, 0.6) is 0 Å². The van der Waals surface area contributed by atoms with Crippen molar-refractivity contribution < 1.29 is 33.7 Å². The maximum atomic E-state index is 13.4. The third kappa shape index (κ3) is 3.72. The molecule has 2 unspecified atom stereocenters. The molecule has 0 fully saturated rings. The lowest BCUT2D eigenvalue weighted by atomic mass is 10.0. The molecule has 2 atom stereocenters. The van der Waals surface area contributed by atoms with Crippen LogP contribution in [-0.4, -0.2) is 39.8 Å². The molecule has 1 rings (SSSR count). The molecule has 0 bridgehead atoms. The number of aliphatic hydroxyl groups is 2. The molecule has 0 radical (unpaired) electrons.